The normalized spacial score (nSPS) is 18.2. The fourth-order valence-electron chi connectivity index (χ4n) is 2.52. The van der Waals surface area contributed by atoms with Gasteiger partial charge in [-0.2, -0.15) is 0 Å². The van der Waals surface area contributed by atoms with Gasteiger partial charge < -0.3 is 0 Å². The molecule has 3 heteroatoms. The van der Waals surface area contributed by atoms with Gasteiger partial charge in [0.15, 0.2) is 0 Å². The molecule has 0 amide bonds. The molecule has 0 fully saturated rings. The molecular formula is C15H22Cl2Zr. The van der Waals surface area contributed by atoms with E-state index in [1.165, 1.54) is 29.6 Å². The Morgan fingerprint density at radius 3 is 1.94 bits per heavy atom. The summed E-state index contributed by atoms with van der Waals surface area (Å²) in [6.07, 6.45) is 7.19. The van der Waals surface area contributed by atoms with Crippen molar-refractivity contribution in [2.45, 2.75) is 40.5 Å². The van der Waals surface area contributed by atoms with Gasteiger partial charge in [0.1, 0.15) is 0 Å². The van der Waals surface area contributed by atoms with Gasteiger partial charge in [-0.25, -0.2) is 0 Å². The summed E-state index contributed by atoms with van der Waals surface area (Å²) in [5, 5.41) is 0. The first-order valence-electron chi connectivity index (χ1n) is 5.92. The molecule has 0 unspecified atom stereocenters. The van der Waals surface area contributed by atoms with Crippen molar-refractivity contribution in [3.63, 3.8) is 0 Å². The van der Waals surface area contributed by atoms with Crippen LogP contribution in [0.15, 0.2) is 41.0 Å². The van der Waals surface area contributed by atoms with E-state index in [1.807, 2.05) is 0 Å². The van der Waals surface area contributed by atoms with Crippen molar-refractivity contribution in [3.8, 4) is 0 Å². The van der Waals surface area contributed by atoms with E-state index in [9.17, 15) is 0 Å². The van der Waals surface area contributed by atoms with Gasteiger partial charge in [0, 0.05) is 0 Å². The Labute approximate surface area is 131 Å². The summed E-state index contributed by atoms with van der Waals surface area (Å²) in [6, 6.07) is 0. The molecule has 0 spiro atoms. The van der Waals surface area contributed by atoms with Crippen molar-refractivity contribution >= 4 is 29.0 Å². The van der Waals surface area contributed by atoms with Gasteiger partial charge in [-0.3, -0.25) is 0 Å². The fourth-order valence-corrected chi connectivity index (χ4v) is 8.17. The van der Waals surface area contributed by atoms with Crippen molar-refractivity contribution in [2.75, 3.05) is 0 Å². The summed E-state index contributed by atoms with van der Waals surface area (Å²) >= 11 is -1.69. The number of rotatable bonds is 2. The van der Waals surface area contributed by atoms with Crippen molar-refractivity contribution in [3.05, 3.63) is 41.0 Å². The molecule has 2 rings (SSSR count). The van der Waals surface area contributed by atoms with E-state index in [1.54, 1.807) is 12.1 Å². The van der Waals surface area contributed by atoms with Crippen molar-refractivity contribution in [1.29, 1.82) is 0 Å². The zero-order chi connectivity index (χ0) is 11.9. The summed E-state index contributed by atoms with van der Waals surface area (Å²) in [6.45, 7) is 9.00. The van der Waals surface area contributed by atoms with Gasteiger partial charge in [0.25, 0.3) is 0 Å². The molecule has 0 saturated heterocycles. The third kappa shape index (κ3) is 3.65. The quantitative estimate of drug-likeness (QED) is 0.637. The maximum absolute atomic E-state index is 4.57. The van der Waals surface area contributed by atoms with E-state index < -0.39 is 21.3 Å². The third-order valence-corrected chi connectivity index (χ3v) is 9.56. The molecule has 0 aliphatic heterocycles. The van der Waals surface area contributed by atoms with E-state index in [4.69, 9.17) is 0 Å². The van der Waals surface area contributed by atoms with Crippen molar-refractivity contribution in [1.82, 2.24) is 0 Å². The molecule has 0 aromatic carbocycles. The second-order valence-corrected chi connectivity index (χ2v) is 10.5. The van der Waals surface area contributed by atoms with Crippen LogP contribution in [0.5, 0.6) is 0 Å². The molecule has 100 valence electrons. The minimum atomic E-state index is -1.69. The standard InChI is InChI=1S/2C7H9.CH2.2ClH.Zr/c1-6-3-4-7(2)5-6;1-6-4-3-5-7(6)2;;;;/h5H,3H2,1-2H3;4H,5H2,1-2H3;1H2;2*1H;. The monoisotopic (exact) mass is 362 g/mol. The molecule has 18 heavy (non-hydrogen) atoms. The molecule has 0 heterocycles. The zero-order valence-electron chi connectivity index (χ0n) is 11.6. The Kier molecular flexibility index (Phi) is 7.29. The first kappa shape index (κ1) is 18.3. The predicted molar refractivity (Wildman–Crippen MR) is 83.8 cm³/mol. The van der Waals surface area contributed by atoms with Gasteiger partial charge in [0.05, 0.1) is 0 Å². The van der Waals surface area contributed by atoms with Crippen LogP contribution in [0.4, 0.5) is 0 Å². The van der Waals surface area contributed by atoms with Crippen molar-refractivity contribution in [2.24, 2.45) is 0 Å². The predicted octanol–water partition coefficient (Wildman–Crippen LogP) is 5.13. The molecule has 0 saturated carbocycles. The molecule has 2 aliphatic rings. The van der Waals surface area contributed by atoms with E-state index >= 15 is 0 Å². The molecule has 2 aliphatic carbocycles. The van der Waals surface area contributed by atoms with E-state index in [-0.39, 0.29) is 24.8 Å². The average Bonchev–Trinajstić information content (AvgIpc) is 2.70. The van der Waals surface area contributed by atoms with Crippen LogP contribution in [0.1, 0.15) is 40.5 Å². The zero-order valence-corrected chi connectivity index (χ0v) is 15.7. The summed E-state index contributed by atoms with van der Waals surface area (Å²) in [4.78, 5) is 0. The SMILES string of the molecule is Cl.Cl.[CH2]=[Zr]([C]1=CC(C)=C(C)C1)[C]1=C(C)C=C(C)C1. The Bertz CT molecular complexity index is 491. The summed E-state index contributed by atoms with van der Waals surface area (Å²) in [5.41, 5.74) is 6.08. The summed E-state index contributed by atoms with van der Waals surface area (Å²) in [5.74, 6) is 0. The molecule has 0 N–H and O–H groups in total. The van der Waals surface area contributed by atoms with Crippen LogP contribution in [0.25, 0.3) is 0 Å². The maximum atomic E-state index is 4.57. The number of halogens is 2. The van der Waals surface area contributed by atoms with E-state index in [0.29, 0.717) is 0 Å². The molecule has 0 nitrogen and oxygen atoms in total. The molecule has 0 bridgehead atoms. The van der Waals surface area contributed by atoms with Crippen LogP contribution in [-0.4, -0.2) is 4.21 Å². The second-order valence-electron chi connectivity index (χ2n) is 5.12. The van der Waals surface area contributed by atoms with Gasteiger partial charge in [-0.1, -0.05) is 0 Å². The number of allylic oxidation sites excluding steroid dienone is 8. The molecule has 0 radical (unpaired) electrons. The van der Waals surface area contributed by atoms with Crippen LogP contribution in [-0.2, 0) is 21.3 Å². The minimum absolute atomic E-state index is 0. The van der Waals surface area contributed by atoms with Crippen LogP contribution in [0.3, 0.4) is 0 Å². The second kappa shape index (κ2) is 7.18. The number of hydrogen-bond acceptors (Lipinski definition) is 0. The van der Waals surface area contributed by atoms with Gasteiger partial charge in [-0.05, 0) is 0 Å². The summed E-state index contributed by atoms with van der Waals surface area (Å²) < 4.78 is 7.97. The fraction of sp³-hybridized carbons (Fsp3) is 0.400. The Hall–Kier alpha value is 0.293. The first-order chi connectivity index (χ1) is 7.49. The molecular weight excluding hydrogens is 342 g/mol. The van der Waals surface area contributed by atoms with Crippen LogP contribution < -0.4 is 0 Å². The van der Waals surface area contributed by atoms with Crippen LogP contribution in [0, 0.1) is 0 Å². The average molecular weight is 364 g/mol. The topological polar surface area (TPSA) is 0 Å². The third-order valence-electron chi connectivity index (χ3n) is 3.67. The van der Waals surface area contributed by atoms with E-state index in [2.05, 4.69) is 44.1 Å². The van der Waals surface area contributed by atoms with Gasteiger partial charge in [0.2, 0.25) is 0 Å². The Morgan fingerprint density at radius 2 is 1.56 bits per heavy atom. The first-order valence-corrected chi connectivity index (χ1v) is 10.1. The van der Waals surface area contributed by atoms with Crippen molar-refractivity contribution < 1.29 is 21.3 Å². The molecule has 0 aromatic rings. The van der Waals surface area contributed by atoms with E-state index in [0.717, 1.165) is 0 Å². The van der Waals surface area contributed by atoms with Gasteiger partial charge in [-0.15, -0.1) is 24.8 Å². The Balaban J connectivity index is 0.00000144. The van der Waals surface area contributed by atoms with Gasteiger partial charge >= 0.3 is 107 Å². The Morgan fingerprint density at radius 1 is 0.944 bits per heavy atom. The number of hydrogen-bond donors (Lipinski definition) is 0. The molecule has 0 atom stereocenters. The van der Waals surface area contributed by atoms with Crippen LogP contribution >= 0.6 is 24.8 Å². The summed E-state index contributed by atoms with van der Waals surface area (Å²) in [7, 11) is 0. The molecule has 0 aromatic heterocycles. The van der Waals surface area contributed by atoms with Crippen LogP contribution in [0.2, 0.25) is 0 Å².